The quantitative estimate of drug-likeness (QED) is 0.273. The van der Waals surface area contributed by atoms with Gasteiger partial charge in [0.1, 0.15) is 6.61 Å². The molecule has 4 N–H and O–H groups in total. The normalized spacial score (nSPS) is 12.6. The number of ether oxygens (including phenoxy) is 2. The first-order chi connectivity index (χ1) is 17.6. The topological polar surface area (TPSA) is 98.7 Å². The summed E-state index contributed by atoms with van der Waals surface area (Å²) < 4.78 is 14.2. The number of hydrogen-bond acceptors (Lipinski definition) is 5. The summed E-state index contributed by atoms with van der Waals surface area (Å²) in [6.07, 6.45) is 4.27. The van der Waals surface area contributed by atoms with Gasteiger partial charge in [-0.2, -0.15) is 0 Å². The number of aliphatic hydroxyl groups excluding tert-OH is 1. The molecule has 1 atom stereocenters. The van der Waals surface area contributed by atoms with Crippen molar-refractivity contribution in [1.82, 2.24) is 9.88 Å². The van der Waals surface area contributed by atoms with Gasteiger partial charge in [0.05, 0.1) is 17.7 Å². The number of benzene rings is 2. The minimum atomic E-state index is -0.441. The molecule has 0 aliphatic rings. The van der Waals surface area contributed by atoms with Crippen LogP contribution in [0.1, 0.15) is 62.5 Å². The first-order valence-corrected chi connectivity index (χ1v) is 13.3. The Kier molecular flexibility index (Phi) is 10.0. The van der Waals surface area contributed by atoms with Crippen LogP contribution in [0.3, 0.4) is 0 Å². The van der Waals surface area contributed by atoms with Gasteiger partial charge in [-0.05, 0) is 73.1 Å². The second kappa shape index (κ2) is 13.0. The van der Waals surface area contributed by atoms with Gasteiger partial charge in [-0.15, -0.1) is 0 Å². The van der Waals surface area contributed by atoms with Crippen LogP contribution in [-0.4, -0.2) is 48.0 Å². The Bertz CT molecular complexity index is 1180. The molecule has 2 aromatic carbocycles. The standard InChI is InChI=1S/C30H43N3O4/c1-6-22-8-9-26(27(19-22)37-20-30(3,4)5)36-15-11-32-21(2)16-23-17-24-10-13-33(12-7-14-34)28(24)25(18-23)29(31)35/h8-10,13,17-19,21,32,34H,6-7,11-12,14-16,20H2,1-5H3,(H2,31,35). The highest BCUT2D eigenvalue weighted by atomic mass is 16.5. The lowest BCUT2D eigenvalue weighted by molar-refractivity contribution is 0.100. The summed E-state index contributed by atoms with van der Waals surface area (Å²) in [5, 5.41) is 13.7. The average Bonchev–Trinajstić information content (AvgIpc) is 3.26. The molecule has 202 valence electrons. The minimum Gasteiger partial charge on any atom is -0.489 e. The van der Waals surface area contributed by atoms with Crippen molar-refractivity contribution in [3.63, 3.8) is 0 Å². The molecule has 7 heteroatoms. The molecule has 1 amide bonds. The predicted molar refractivity (Wildman–Crippen MR) is 150 cm³/mol. The van der Waals surface area contributed by atoms with E-state index in [2.05, 4.69) is 58.1 Å². The Morgan fingerprint density at radius 2 is 1.89 bits per heavy atom. The fraction of sp³-hybridized carbons (Fsp3) is 0.500. The van der Waals surface area contributed by atoms with Crippen molar-refractivity contribution < 1.29 is 19.4 Å². The van der Waals surface area contributed by atoms with Crippen LogP contribution >= 0.6 is 0 Å². The summed E-state index contributed by atoms with van der Waals surface area (Å²) in [6.45, 7) is 13.3. The average molecular weight is 510 g/mol. The molecule has 0 spiro atoms. The first kappa shape index (κ1) is 28.5. The van der Waals surface area contributed by atoms with Crippen LogP contribution in [0.25, 0.3) is 10.9 Å². The number of aliphatic hydroxyl groups is 1. The number of carbonyl (C=O) groups excluding carboxylic acids is 1. The monoisotopic (exact) mass is 509 g/mol. The minimum absolute atomic E-state index is 0.0654. The van der Waals surface area contributed by atoms with Crippen molar-refractivity contribution in [3.05, 3.63) is 59.3 Å². The highest BCUT2D eigenvalue weighted by Gasteiger charge is 2.16. The first-order valence-electron chi connectivity index (χ1n) is 13.3. The van der Waals surface area contributed by atoms with E-state index in [0.717, 1.165) is 40.8 Å². The summed E-state index contributed by atoms with van der Waals surface area (Å²) in [4.78, 5) is 12.2. The Morgan fingerprint density at radius 1 is 1.11 bits per heavy atom. The van der Waals surface area contributed by atoms with Crippen LogP contribution in [0.4, 0.5) is 0 Å². The molecule has 1 unspecified atom stereocenters. The molecule has 37 heavy (non-hydrogen) atoms. The maximum absolute atomic E-state index is 12.2. The lowest BCUT2D eigenvalue weighted by atomic mass is 9.99. The third kappa shape index (κ3) is 8.23. The zero-order valence-electron chi connectivity index (χ0n) is 23.0. The number of rotatable bonds is 14. The molecule has 1 heterocycles. The van der Waals surface area contributed by atoms with Crippen molar-refractivity contribution in [2.45, 2.75) is 66.5 Å². The smallest absolute Gasteiger partial charge is 0.250 e. The third-order valence-corrected chi connectivity index (χ3v) is 6.21. The molecular formula is C30H43N3O4. The molecular weight excluding hydrogens is 466 g/mol. The van der Waals surface area contributed by atoms with Crippen LogP contribution in [0.5, 0.6) is 11.5 Å². The maximum Gasteiger partial charge on any atom is 0.250 e. The summed E-state index contributed by atoms with van der Waals surface area (Å²) in [5.41, 5.74) is 9.41. The largest absolute Gasteiger partial charge is 0.489 e. The second-order valence-electron chi connectivity index (χ2n) is 10.9. The van der Waals surface area contributed by atoms with E-state index in [4.69, 9.17) is 15.2 Å². The predicted octanol–water partition coefficient (Wildman–Crippen LogP) is 4.71. The summed E-state index contributed by atoms with van der Waals surface area (Å²) in [5.74, 6) is 1.11. The fourth-order valence-corrected chi connectivity index (χ4v) is 4.34. The summed E-state index contributed by atoms with van der Waals surface area (Å²) in [6, 6.07) is 12.3. The van der Waals surface area contributed by atoms with Crippen molar-refractivity contribution in [3.8, 4) is 11.5 Å². The number of nitrogens with two attached hydrogens (primary N) is 1. The summed E-state index contributed by atoms with van der Waals surface area (Å²) >= 11 is 0. The highest BCUT2D eigenvalue weighted by Crippen LogP contribution is 2.30. The van der Waals surface area contributed by atoms with Crippen LogP contribution in [0, 0.1) is 5.41 Å². The van der Waals surface area contributed by atoms with Crippen LogP contribution in [-0.2, 0) is 19.4 Å². The molecule has 0 bridgehead atoms. The molecule has 0 aliphatic carbocycles. The van der Waals surface area contributed by atoms with Crippen LogP contribution in [0.2, 0.25) is 0 Å². The lowest BCUT2D eigenvalue weighted by Crippen LogP contribution is -2.32. The number of aryl methyl sites for hydroxylation is 2. The lowest BCUT2D eigenvalue weighted by Gasteiger charge is -2.21. The van der Waals surface area contributed by atoms with Crippen molar-refractivity contribution in [2.75, 3.05) is 26.4 Å². The van der Waals surface area contributed by atoms with Crippen LogP contribution in [0.15, 0.2) is 42.6 Å². The number of carbonyl (C=O) groups is 1. The Morgan fingerprint density at radius 3 is 2.57 bits per heavy atom. The Hall–Kier alpha value is -3.03. The summed E-state index contributed by atoms with van der Waals surface area (Å²) in [7, 11) is 0. The van der Waals surface area contributed by atoms with E-state index in [0.29, 0.717) is 38.3 Å². The Labute approximate surface area is 221 Å². The molecule has 0 radical (unpaired) electrons. The number of fused-ring (bicyclic) bond motifs is 1. The van der Waals surface area contributed by atoms with Gasteiger partial charge in [0.15, 0.2) is 11.5 Å². The number of nitrogens with one attached hydrogen (secondary N) is 1. The third-order valence-electron chi connectivity index (χ3n) is 6.21. The molecule has 3 rings (SSSR count). The maximum atomic E-state index is 12.2. The molecule has 3 aromatic rings. The number of aromatic nitrogens is 1. The number of hydrogen-bond donors (Lipinski definition) is 3. The molecule has 1 aromatic heterocycles. The number of primary amides is 1. The Balaban J connectivity index is 1.59. The van der Waals surface area contributed by atoms with Gasteiger partial charge in [-0.1, -0.05) is 33.8 Å². The van der Waals surface area contributed by atoms with Crippen molar-refractivity contribution >= 4 is 16.8 Å². The van der Waals surface area contributed by atoms with E-state index < -0.39 is 5.91 Å². The van der Waals surface area contributed by atoms with Crippen molar-refractivity contribution in [1.29, 1.82) is 0 Å². The van der Waals surface area contributed by atoms with Gasteiger partial charge in [-0.25, -0.2) is 0 Å². The van der Waals surface area contributed by atoms with Gasteiger partial charge in [0.25, 0.3) is 5.91 Å². The molecule has 0 aliphatic heterocycles. The number of amides is 1. The van der Waals surface area contributed by atoms with E-state index in [-0.39, 0.29) is 18.1 Å². The van der Waals surface area contributed by atoms with Gasteiger partial charge in [0.2, 0.25) is 0 Å². The second-order valence-corrected chi connectivity index (χ2v) is 10.9. The number of nitrogens with zero attached hydrogens (tertiary/aromatic N) is 1. The highest BCUT2D eigenvalue weighted by molar-refractivity contribution is 6.05. The van der Waals surface area contributed by atoms with E-state index in [1.807, 2.05) is 29.0 Å². The zero-order chi connectivity index (χ0) is 27.0. The van der Waals surface area contributed by atoms with Crippen LogP contribution < -0.4 is 20.5 Å². The van der Waals surface area contributed by atoms with Gasteiger partial charge >= 0.3 is 0 Å². The fourth-order valence-electron chi connectivity index (χ4n) is 4.34. The SMILES string of the molecule is CCc1ccc(OCCNC(C)Cc2cc(C(N)=O)c3c(ccn3CCCO)c2)c(OCC(C)(C)C)c1. The van der Waals surface area contributed by atoms with Gasteiger partial charge in [0, 0.05) is 37.3 Å². The molecule has 0 saturated carbocycles. The van der Waals surface area contributed by atoms with E-state index in [1.54, 1.807) is 0 Å². The molecule has 7 nitrogen and oxygen atoms in total. The van der Waals surface area contributed by atoms with Gasteiger partial charge in [-0.3, -0.25) is 4.79 Å². The molecule has 0 saturated heterocycles. The van der Waals surface area contributed by atoms with E-state index >= 15 is 0 Å². The molecule has 0 fully saturated rings. The van der Waals surface area contributed by atoms with E-state index in [1.165, 1.54) is 5.56 Å². The van der Waals surface area contributed by atoms with E-state index in [9.17, 15) is 9.90 Å². The van der Waals surface area contributed by atoms with Gasteiger partial charge < -0.3 is 30.2 Å². The van der Waals surface area contributed by atoms with Crippen molar-refractivity contribution in [2.24, 2.45) is 11.1 Å². The zero-order valence-corrected chi connectivity index (χ0v) is 23.0.